The van der Waals surface area contributed by atoms with Gasteiger partial charge in [-0.05, 0) is 26.2 Å². The quantitative estimate of drug-likeness (QED) is 0.906. The molecule has 1 amide bonds. The van der Waals surface area contributed by atoms with Crippen molar-refractivity contribution in [1.29, 1.82) is 0 Å². The second-order valence-electron chi connectivity index (χ2n) is 5.68. The number of aromatic nitrogens is 2. The van der Waals surface area contributed by atoms with Gasteiger partial charge < -0.3 is 19.7 Å². The van der Waals surface area contributed by atoms with Crippen LogP contribution >= 0.6 is 0 Å². The molecule has 112 valence electrons. The highest BCUT2D eigenvalue weighted by molar-refractivity contribution is 5.88. The SMILES string of the molecule is CN(C)CC(=O)N1CCN(c2cccc3[nH]cnc23)CC1. The Morgan fingerprint density at radius 1 is 1.29 bits per heavy atom. The van der Waals surface area contributed by atoms with Crippen molar-refractivity contribution in [3.8, 4) is 0 Å². The molecule has 1 aromatic heterocycles. The molecule has 1 aliphatic heterocycles. The van der Waals surface area contributed by atoms with Gasteiger partial charge in [0.15, 0.2) is 0 Å². The van der Waals surface area contributed by atoms with Gasteiger partial charge in [0.25, 0.3) is 0 Å². The third-order valence-electron chi connectivity index (χ3n) is 3.85. The predicted molar refractivity (Wildman–Crippen MR) is 83.4 cm³/mol. The monoisotopic (exact) mass is 287 g/mol. The van der Waals surface area contributed by atoms with Crippen LogP contribution in [0.5, 0.6) is 0 Å². The summed E-state index contributed by atoms with van der Waals surface area (Å²) < 4.78 is 0. The zero-order valence-corrected chi connectivity index (χ0v) is 12.5. The van der Waals surface area contributed by atoms with Gasteiger partial charge in [-0.25, -0.2) is 4.98 Å². The van der Waals surface area contributed by atoms with Crippen molar-refractivity contribution < 1.29 is 4.79 Å². The van der Waals surface area contributed by atoms with E-state index < -0.39 is 0 Å². The number of benzene rings is 1. The van der Waals surface area contributed by atoms with E-state index in [0.717, 1.165) is 42.9 Å². The summed E-state index contributed by atoms with van der Waals surface area (Å²) in [6.45, 7) is 3.73. The van der Waals surface area contributed by atoms with E-state index in [1.165, 1.54) is 0 Å². The van der Waals surface area contributed by atoms with Crippen molar-refractivity contribution in [3.63, 3.8) is 0 Å². The fraction of sp³-hybridized carbons (Fsp3) is 0.467. The van der Waals surface area contributed by atoms with Crippen LogP contribution in [0.1, 0.15) is 0 Å². The van der Waals surface area contributed by atoms with Crippen LogP contribution < -0.4 is 4.90 Å². The van der Waals surface area contributed by atoms with E-state index in [-0.39, 0.29) is 5.91 Å². The molecule has 2 aromatic rings. The summed E-state index contributed by atoms with van der Waals surface area (Å²) in [5.41, 5.74) is 3.21. The number of likely N-dealkylation sites (N-methyl/N-ethyl adjacent to an activating group) is 1. The van der Waals surface area contributed by atoms with Crippen LogP contribution in [0.4, 0.5) is 5.69 Å². The summed E-state index contributed by atoms with van der Waals surface area (Å²) in [6.07, 6.45) is 1.73. The second kappa shape index (κ2) is 5.73. The molecule has 1 saturated heterocycles. The lowest BCUT2D eigenvalue weighted by Crippen LogP contribution is -2.50. The lowest BCUT2D eigenvalue weighted by atomic mass is 10.2. The van der Waals surface area contributed by atoms with Crippen LogP contribution in [0.3, 0.4) is 0 Å². The maximum absolute atomic E-state index is 12.1. The first-order valence-corrected chi connectivity index (χ1v) is 7.24. The average Bonchev–Trinajstić information content (AvgIpc) is 2.95. The number of carbonyl (C=O) groups is 1. The molecular formula is C15H21N5O. The molecule has 1 aliphatic rings. The van der Waals surface area contributed by atoms with Crippen molar-refractivity contribution in [3.05, 3.63) is 24.5 Å². The normalized spacial score (nSPS) is 16.0. The third-order valence-corrected chi connectivity index (χ3v) is 3.85. The highest BCUT2D eigenvalue weighted by Crippen LogP contribution is 2.24. The number of anilines is 1. The second-order valence-corrected chi connectivity index (χ2v) is 5.68. The minimum Gasteiger partial charge on any atom is -0.366 e. The largest absolute Gasteiger partial charge is 0.366 e. The van der Waals surface area contributed by atoms with Crippen LogP contribution in [0.15, 0.2) is 24.5 Å². The smallest absolute Gasteiger partial charge is 0.236 e. The maximum atomic E-state index is 12.1. The molecule has 21 heavy (non-hydrogen) atoms. The average molecular weight is 287 g/mol. The van der Waals surface area contributed by atoms with E-state index in [2.05, 4.69) is 20.9 Å². The molecule has 2 heterocycles. The van der Waals surface area contributed by atoms with E-state index in [0.29, 0.717) is 6.54 Å². The number of hydrogen-bond acceptors (Lipinski definition) is 4. The number of hydrogen-bond donors (Lipinski definition) is 1. The van der Waals surface area contributed by atoms with Gasteiger partial charge in [-0.2, -0.15) is 0 Å². The highest BCUT2D eigenvalue weighted by atomic mass is 16.2. The van der Waals surface area contributed by atoms with Gasteiger partial charge in [-0.15, -0.1) is 0 Å². The first kappa shape index (κ1) is 13.9. The predicted octanol–water partition coefficient (Wildman–Crippen LogP) is 0.773. The van der Waals surface area contributed by atoms with Crippen LogP contribution in [0.25, 0.3) is 11.0 Å². The Labute approximate surface area is 124 Å². The van der Waals surface area contributed by atoms with Gasteiger partial charge in [-0.1, -0.05) is 6.07 Å². The Balaban J connectivity index is 1.68. The number of imidazole rings is 1. The number of rotatable bonds is 3. The van der Waals surface area contributed by atoms with Gasteiger partial charge in [0.1, 0.15) is 5.52 Å². The minimum absolute atomic E-state index is 0.206. The molecule has 0 unspecified atom stereocenters. The van der Waals surface area contributed by atoms with Crippen LogP contribution in [-0.4, -0.2) is 72.5 Å². The zero-order valence-electron chi connectivity index (χ0n) is 12.5. The van der Waals surface area contributed by atoms with E-state index in [9.17, 15) is 4.79 Å². The molecule has 0 spiro atoms. The van der Waals surface area contributed by atoms with E-state index in [1.54, 1.807) is 6.33 Å². The first-order valence-electron chi connectivity index (χ1n) is 7.24. The van der Waals surface area contributed by atoms with Crippen LogP contribution in [0.2, 0.25) is 0 Å². The number of H-pyrrole nitrogens is 1. The fourth-order valence-electron chi connectivity index (χ4n) is 2.77. The molecule has 6 nitrogen and oxygen atoms in total. The van der Waals surface area contributed by atoms with E-state index in [4.69, 9.17) is 0 Å². The number of nitrogens with one attached hydrogen (secondary N) is 1. The number of amides is 1. The topological polar surface area (TPSA) is 55.5 Å². The summed E-state index contributed by atoms with van der Waals surface area (Å²) in [5, 5.41) is 0. The Bertz CT molecular complexity index is 628. The Kier molecular flexibility index (Phi) is 3.79. The van der Waals surface area contributed by atoms with Crippen molar-refractivity contribution in [2.75, 3.05) is 51.7 Å². The molecule has 3 rings (SSSR count). The highest BCUT2D eigenvalue weighted by Gasteiger charge is 2.22. The summed E-state index contributed by atoms with van der Waals surface area (Å²) in [4.78, 5) is 25.8. The zero-order chi connectivity index (χ0) is 14.8. The van der Waals surface area contributed by atoms with Crippen molar-refractivity contribution in [1.82, 2.24) is 19.8 Å². The Morgan fingerprint density at radius 3 is 2.76 bits per heavy atom. The van der Waals surface area contributed by atoms with Crippen molar-refractivity contribution in [2.24, 2.45) is 0 Å². The molecule has 0 aliphatic carbocycles. The van der Waals surface area contributed by atoms with Crippen LogP contribution in [-0.2, 0) is 4.79 Å². The molecular weight excluding hydrogens is 266 g/mol. The number of para-hydroxylation sites is 1. The molecule has 0 radical (unpaired) electrons. The third kappa shape index (κ3) is 2.85. The van der Waals surface area contributed by atoms with Gasteiger partial charge in [0.2, 0.25) is 5.91 Å². The molecule has 6 heteroatoms. The van der Waals surface area contributed by atoms with Crippen LogP contribution in [0, 0.1) is 0 Å². The lowest BCUT2D eigenvalue weighted by Gasteiger charge is -2.36. The molecule has 1 N–H and O–H groups in total. The molecule has 0 bridgehead atoms. The first-order chi connectivity index (χ1) is 10.1. The molecule has 0 atom stereocenters. The Morgan fingerprint density at radius 2 is 2.05 bits per heavy atom. The summed E-state index contributed by atoms with van der Waals surface area (Å²) in [7, 11) is 3.85. The molecule has 0 saturated carbocycles. The number of carbonyl (C=O) groups excluding carboxylic acids is 1. The summed E-state index contributed by atoms with van der Waals surface area (Å²) in [5.74, 6) is 0.206. The Hall–Kier alpha value is -2.08. The van der Waals surface area contributed by atoms with Crippen molar-refractivity contribution >= 4 is 22.6 Å². The lowest BCUT2D eigenvalue weighted by molar-refractivity contribution is -0.132. The van der Waals surface area contributed by atoms with E-state index >= 15 is 0 Å². The number of fused-ring (bicyclic) bond motifs is 1. The minimum atomic E-state index is 0.206. The fourth-order valence-corrected chi connectivity index (χ4v) is 2.77. The maximum Gasteiger partial charge on any atom is 0.236 e. The van der Waals surface area contributed by atoms with E-state index in [1.807, 2.05) is 36.0 Å². The van der Waals surface area contributed by atoms with Gasteiger partial charge in [0.05, 0.1) is 24.1 Å². The summed E-state index contributed by atoms with van der Waals surface area (Å²) in [6, 6.07) is 6.17. The number of piperazine rings is 1. The standard InChI is InChI=1S/C15H21N5O/c1-18(2)10-14(21)20-8-6-19(7-9-20)13-5-3-4-12-15(13)17-11-16-12/h3-5,11H,6-10H2,1-2H3,(H,16,17). The summed E-state index contributed by atoms with van der Waals surface area (Å²) >= 11 is 0. The van der Waals surface area contributed by atoms with Crippen molar-refractivity contribution in [2.45, 2.75) is 0 Å². The molecule has 1 aromatic carbocycles. The van der Waals surface area contributed by atoms with Gasteiger partial charge >= 0.3 is 0 Å². The van der Waals surface area contributed by atoms with Gasteiger partial charge in [0, 0.05) is 26.2 Å². The number of aromatic amines is 1. The molecule has 1 fully saturated rings. The van der Waals surface area contributed by atoms with Gasteiger partial charge in [-0.3, -0.25) is 4.79 Å². The number of nitrogens with zero attached hydrogens (tertiary/aromatic N) is 4.